The minimum atomic E-state index is -5.08. The van der Waals surface area contributed by atoms with E-state index in [1.807, 2.05) is 6.08 Å². The summed E-state index contributed by atoms with van der Waals surface area (Å²) in [6.45, 7) is 3.34. The van der Waals surface area contributed by atoms with Crippen molar-refractivity contribution < 1.29 is 51.8 Å². The summed E-state index contributed by atoms with van der Waals surface area (Å²) in [5, 5.41) is 44.6. The monoisotopic (exact) mass is 888 g/mol. The van der Waals surface area contributed by atoms with Crippen molar-refractivity contribution in [3.8, 4) is 0 Å². The van der Waals surface area contributed by atoms with Gasteiger partial charge in [-0.2, -0.15) is 8.42 Å². The molecular weight excluding hydrogens is 799 g/mol. The fourth-order valence-electron chi connectivity index (χ4n) is 7.60. The van der Waals surface area contributed by atoms with E-state index in [2.05, 4.69) is 47.7 Å². The molecule has 7 atom stereocenters. The van der Waals surface area contributed by atoms with Gasteiger partial charge in [0.1, 0.15) is 24.4 Å². The average molecular weight is 888 g/mol. The normalized spacial score (nSPS) is 20.9. The minimum absolute atomic E-state index is 0.263. The van der Waals surface area contributed by atoms with Crippen LogP contribution in [0.1, 0.15) is 206 Å². The topological polar surface area (TPSA) is 192 Å². The molecule has 1 rings (SSSR count). The molecule has 1 amide bonds. The maximum Gasteiger partial charge on any atom is 0.397 e. The Labute approximate surface area is 371 Å². The quantitative estimate of drug-likeness (QED) is 0.0195. The number of aliphatic hydroxyl groups is 4. The molecule has 0 saturated carbocycles. The van der Waals surface area contributed by atoms with Crippen LogP contribution < -0.4 is 5.32 Å². The lowest BCUT2D eigenvalue weighted by molar-refractivity contribution is -0.298. The summed E-state index contributed by atoms with van der Waals surface area (Å²) in [5.41, 5.74) is 0. The first-order valence-corrected chi connectivity index (χ1v) is 25.7. The SMILES string of the molecule is CCCCCCCCC/C=C/C(O)C(COC1OC(CO)C(O)C(OS(=O)(=O)O)C1O)NC(=O)CCCCCCCCCCC/C=C\C/C=C\CCCCCCCCCCC. The van der Waals surface area contributed by atoms with Crippen molar-refractivity contribution in [1.29, 1.82) is 0 Å². The standard InChI is InChI=1S/C48H89NO11S/c1-3-5-7-9-11-13-14-15-16-17-18-19-20-21-22-23-24-25-26-27-28-30-32-34-36-38-44(52)49-41(42(51)37-35-33-31-29-12-10-8-6-4-2)40-58-48-46(54)47(60-61(55,56)57)45(53)43(39-50)59-48/h18-19,21-22,35,37,41-43,45-48,50-51,53-54H,3-17,20,23-34,36,38-40H2,1-2H3,(H,49,52)(H,55,56,57)/b19-18-,22-21-,37-35+. The van der Waals surface area contributed by atoms with E-state index >= 15 is 0 Å². The number of unbranched alkanes of at least 4 members (excludes halogenated alkanes) is 25. The summed E-state index contributed by atoms with van der Waals surface area (Å²) < 4.78 is 47.5. The molecule has 1 heterocycles. The van der Waals surface area contributed by atoms with Gasteiger partial charge in [0.15, 0.2) is 6.29 Å². The molecule has 12 nitrogen and oxygen atoms in total. The Kier molecular flexibility index (Phi) is 36.4. The zero-order valence-corrected chi connectivity index (χ0v) is 39.0. The van der Waals surface area contributed by atoms with Crippen LogP contribution >= 0.6 is 0 Å². The molecular formula is C48H89NO11S. The minimum Gasteiger partial charge on any atom is -0.394 e. The van der Waals surface area contributed by atoms with E-state index in [0.29, 0.717) is 6.42 Å². The molecule has 13 heteroatoms. The molecule has 7 unspecified atom stereocenters. The number of nitrogens with one attached hydrogen (secondary N) is 1. The Morgan fingerprint density at radius 3 is 1.56 bits per heavy atom. The molecule has 1 saturated heterocycles. The second-order valence-electron chi connectivity index (χ2n) is 17.0. The highest BCUT2D eigenvalue weighted by atomic mass is 32.3. The Hall–Kier alpha value is -1.68. The number of aliphatic hydroxyl groups excluding tert-OH is 4. The largest absolute Gasteiger partial charge is 0.397 e. The highest BCUT2D eigenvalue weighted by Crippen LogP contribution is 2.26. The summed E-state index contributed by atoms with van der Waals surface area (Å²) in [7, 11) is -5.08. The summed E-state index contributed by atoms with van der Waals surface area (Å²) in [6, 6.07) is -0.944. The number of carbonyl (C=O) groups is 1. The molecule has 0 radical (unpaired) electrons. The van der Waals surface area contributed by atoms with Crippen molar-refractivity contribution in [1.82, 2.24) is 5.32 Å². The number of hydrogen-bond acceptors (Lipinski definition) is 10. The predicted molar refractivity (Wildman–Crippen MR) is 245 cm³/mol. The molecule has 1 fully saturated rings. The van der Waals surface area contributed by atoms with E-state index < -0.39 is 59.9 Å². The van der Waals surface area contributed by atoms with Gasteiger partial charge >= 0.3 is 10.4 Å². The third-order valence-electron chi connectivity index (χ3n) is 11.4. The van der Waals surface area contributed by atoms with E-state index in [1.54, 1.807) is 6.08 Å². The second kappa shape index (κ2) is 38.8. The summed E-state index contributed by atoms with van der Waals surface area (Å²) in [4.78, 5) is 13.0. The van der Waals surface area contributed by atoms with Gasteiger partial charge in [-0.15, -0.1) is 0 Å². The fourth-order valence-corrected chi connectivity index (χ4v) is 8.11. The van der Waals surface area contributed by atoms with Crippen LogP contribution in [0.2, 0.25) is 0 Å². The average Bonchev–Trinajstić information content (AvgIpc) is 3.23. The molecule has 358 valence electrons. The molecule has 0 aromatic rings. The van der Waals surface area contributed by atoms with Gasteiger partial charge in [-0.05, 0) is 51.4 Å². The van der Waals surface area contributed by atoms with Crippen LogP contribution in [0.3, 0.4) is 0 Å². The molecule has 6 N–H and O–H groups in total. The Morgan fingerprint density at radius 2 is 1.10 bits per heavy atom. The van der Waals surface area contributed by atoms with Crippen LogP contribution in [-0.2, 0) is 28.9 Å². The third kappa shape index (κ3) is 31.8. The molecule has 1 aliphatic rings. The van der Waals surface area contributed by atoms with Crippen molar-refractivity contribution in [2.75, 3.05) is 13.2 Å². The van der Waals surface area contributed by atoms with E-state index in [-0.39, 0.29) is 18.9 Å². The Balaban J connectivity index is 2.36. The Bertz CT molecular complexity index is 1230. The molecule has 0 aliphatic carbocycles. The summed E-state index contributed by atoms with van der Waals surface area (Å²) in [6.07, 6.45) is 37.8. The Morgan fingerprint density at radius 1 is 0.656 bits per heavy atom. The van der Waals surface area contributed by atoms with Crippen LogP contribution in [0.15, 0.2) is 36.5 Å². The van der Waals surface area contributed by atoms with E-state index in [0.717, 1.165) is 57.8 Å². The van der Waals surface area contributed by atoms with Crippen LogP contribution in [0.4, 0.5) is 0 Å². The fraction of sp³-hybridized carbons (Fsp3) is 0.854. The molecule has 0 aromatic heterocycles. The van der Waals surface area contributed by atoms with Gasteiger partial charge in [-0.25, -0.2) is 4.18 Å². The molecule has 0 bridgehead atoms. The van der Waals surface area contributed by atoms with Crippen LogP contribution in [-0.4, -0.2) is 95.4 Å². The van der Waals surface area contributed by atoms with Gasteiger partial charge in [-0.1, -0.05) is 185 Å². The second-order valence-corrected chi connectivity index (χ2v) is 18.1. The number of carbonyl (C=O) groups excluding carboxylic acids is 1. The number of amides is 1. The van der Waals surface area contributed by atoms with Crippen molar-refractivity contribution >= 4 is 16.3 Å². The zero-order valence-electron chi connectivity index (χ0n) is 38.2. The lowest BCUT2D eigenvalue weighted by Gasteiger charge is -2.41. The predicted octanol–water partition coefficient (Wildman–Crippen LogP) is 9.89. The van der Waals surface area contributed by atoms with E-state index in [4.69, 9.17) is 14.0 Å². The first kappa shape index (κ1) is 57.3. The van der Waals surface area contributed by atoms with Gasteiger partial charge in [0.05, 0.1) is 25.4 Å². The van der Waals surface area contributed by atoms with Crippen LogP contribution in [0, 0.1) is 0 Å². The van der Waals surface area contributed by atoms with Crippen LogP contribution in [0.25, 0.3) is 0 Å². The maximum absolute atomic E-state index is 13.0. The van der Waals surface area contributed by atoms with Crippen molar-refractivity contribution in [2.24, 2.45) is 0 Å². The molecule has 1 aliphatic heterocycles. The lowest BCUT2D eigenvalue weighted by atomic mass is 9.99. The van der Waals surface area contributed by atoms with Gasteiger partial charge in [0.2, 0.25) is 5.91 Å². The summed E-state index contributed by atoms with van der Waals surface area (Å²) >= 11 is 0. The van der Waals surface area contributed by atoms with Gasteiger partial charge in [0.25, 0.3) is 0 Å². The van der Waals surface area contributed by atoms with Crippen molar-refractivity contribution in [3.05, 3.63) is 36.5 Å². The third-order valence-corrected chi connectivity index (χ3v) is 11.9. The zero-order chi connectivity index (χ0) is 44.8. The van der Waals surface area contributed by atoms with E-state index in [9.17, 15) is 33.6 Å². The number of rotatable bonds is 41. The number of hydrogen-bond donors (Lipinski definition) is 6. The highest BCUT2D eigenvalue weighted by molar-refractivity contribution is 7.80. The molecule has 61 heavy (non-hydrogen) atoms. The van der Waals surface area contributed by atoms with Crippen LogP contribution in [0.5, 0.6) is 0 Å². The first-order chi connectivity index (χ1) is 29.5. The number of allylic oxidation sites excluding steroid dienone is 5. The summed E-state index contributed by atoms with van der Waals surface area (Å²) in [5.74, 6) is -0.270. The van der Waals surface area contributed by atoms with Crippen molar-refractivity contribution in [2.45, 2.75) is 249 Å². The van der Waals surface area contributed by atoms with Gasteiger partial charge in [0, 0.05) is 6.42 Å². The molecule has 0 spiro atoms. The van der Waals surface area contributed by atoms with E-state index in [1.165, 1.54) is 122 Å². The van der Waals surface area contributed by atoms with Gasteiger partial charge in [-0.3, -0.25) is 9.35 Å². The number of ether oxygens (including phenoxy) is 2. The first-order valence-electron chi connectivity index (χ1n) is 24.4. The van der Waals surface area contributed by atoms with Gasteiger partial charge < -0.3 is 35.2 Å². The van der Waals surface area contributed by atoms with Crippen molar-refractivity contribution in [3.63, 3.8) is 0 Å². The maximum atomic E-state index is 13.0. The lowest BCUT2D eigenvalue weighted by Crippen LogP contribution is -2.61. The smallest absolute Gasteiger partial charge is 0.394 e. The molecule has 0 aromatic carbocycles. The highest BCUT2D eigenvalue weighted by Gasteiger charge is 2.48.